The van der Waals surface area contributed by atoms with E-state index in [0.717, 1.165) is 21.9 Å². The van der Waals surface area contributed by atoms with Crippen LogP contribution in [0.5, 0.6) is 0 Å². The van der Waals surface area contributed by atoms with Crippen molar-refractivity contribution in [1.29, 1.82) is 0 Å². The Morgan fingerprint density at radius 3 is 1.27 bits per heavy atom. The third-order valence-electron chi connectivity index (χ3n) is 10.1. The highest BCUT2D eigenvalue weighted by atomic mass is 16.3. The van der Waals surface area contributed by atoms with Gasteiger partial charge in [-0.15, -0.1) is 0 Å². The van der Waals surface area contributed by atoms with E-state index in [0.29, 0.717) is 0 Å². The maximum Gasteiger partial charge on any atom is 0.135 e. The van der Waals surface area contributed by atoms with Crippen LogP contribution in [0, 0.1) is 0 Å². The van der Waals surface area contributed by atoms with Gasteiger partial charge in [0.1, 0.15) is 11.2 Å². The summed E-state index contributed by atoms with van der Waals surface area (Å²) in [5, 5.41) is 9.84. The van der Waals surface area contributed by atoms with Crippen LogP contribution in [0.2, 0.25) is 0 Å². The summed E-state index contributed by atoms with van der Waals surface area (Å²) in [6, 6.07) is 65.8. The van der Waals surface area contributed by atoms with Gasteiger partial charge in [-0.2, -0.15) is 0 Å². The molecular weight excluding hydrogens is 593 g/mol. The summed E-state index contributed by atoms with van der Waals surface area (Å²) >= 11 is 0. The number of rotatable bonds is 4. The summed E-state index contributed by atoms with van der Waals surface area (Å²) in [6.45, 7) is 0. The monoisotopic (exact) mass is 622 g/mol. The predicted octanol–water partition coefficient (Wildman–Crippen LogP) is 13.7. The topological polar surface area (TPSA) is 13.1 Å². The number of benzene rings is 9. The van der Waals surface area contributed by atoms with Crippen molar-refractivity contribution in [2.75, 3.05) is 0 Å². The molecule has 228 valence electrons. The first-order chi connectivity index (χ1) is 24.3. The summed E-state index contributed by atoms with van der Waals surface area (Å²) in [5.41, 5.74) is 11.6. The van der Waals surface area contributed by atoms with E-state index >= 15 is 0 Å². The second-order valence-electron chi connectivity index (χ2n) is 12.9. The molecule has 0 atom stereocenters. The zero-order chi connectivity index (χ0) is 32.3. The average Bonchev–Trinajstić information content (AvgIpc) is 3.54. The smallest absolute Gasteiger partial charge is 0.135 e. The Balaban J connectivity index is 1.10. The summed E-state index contributed by atoms with van der Waals surface area (Å²) in [5.74, 6) is 0. The van der Waals surface area contributed by atoms with Crippen molar-refractivity contribution >= 4 is 54.3 Å². The molecule has 0 aliphatic carbocycles. The first-order valence-electron chi connectivity index (χ1n) is 16.8. The number of fused-ring (bicyclic) bond motifs is 6. The summed E-state index contributed by atoms with van der Waals surface area (Å²) in [7, 11) is 0. The third-order valence-corrected chi connectivity index (χ3v) is 10.1. The molecule has 0 radical (unpaired) electrons. The van der Waals surface area contributed by atoms with Crippen LogP contribution in [0.25, 0.3) is 98.8 Å². The Labute approximate surface area is 284 Å². The van der Waals surface area contributed by atoms with Crippen LogP contribution in [0.4, 0.5) is 0 Å². The van der Waals surface area contributed by atoms with Gasteiger partial charge in [0.15, 0.2) is 0 Å². The van der Waals surface area contributed by atoms with Crippen molar-refractivity contribution in [2.24, 2.45) is 0 Å². The van der Waals surface area contributed by atoms with Crippen LogP contribution in [-0.2, 0) is 0 Å². The van der Waals surface area contributed by atoms with Crippen LogP contribution in [0.15, 0.2) is 186 Å². The first-order valence-corrected chi connectivity index (χ1v) is 16.8. The molecule has 0 unspecified atom stereocenters. The van der Waals surface area contributed by atoms with Crippen molar-refractivity contribution in [1.82, 2.24) is 0 Å². The van der Waals surface area contributed by atoms with Gasteiger partial charge in [-0.1, -0.05) is 152 Å². The van der Waals surface area contributed by atoms with E-state index in [-0.39, 0.29) is 0 Å². The van der Waals surface area contributed by atoms with Gasteiger partial charge >= 0.3 is 0 Å². The molecule has 10 aromatic rings. The molecule has 0 N–H and O–H groups in total. The zero-order valence-corrected chi connectivity index (χ0v) is 26.7. The van der Waals surface area contributed by atoms with E-state index in [1.807, 2.05) is 0 Å². The van der Waals surface area contributed by atoms with Crippen LogP contribution in [-0.4, -0.2) is 0 Å². The maximum atomic E-state index is 6.26. The standard InChI is InChI=1S/C48H30O/c1-2-10-31(11-3-1)36-24-26-45-43(29-36)44-30-37(25-27-46(44)49-45)33-18-21-34(22-19-33)47-39-14-6-8-16-41(39)48(42-17-9-7-15-40(42)47)38-23-20-32-12-4-5-13-35(32)28-38/h1-30H. The summed E-state index contributed by atoms with van der Waals surface area (Å²) < 4.78 is 6.26. The molecule has 0 bridgehead atoms. The van der Waals surface area contributed by atoms with Crippen molar-refractivity contribution in [3.8, 4) is 44.5 Å². The average molecular weight is 623 g/mol. The fraction of sp³-hybridized carbons (Fsp3) is 0. The van der Waals surface area contributed by atoms with Gasteiger partial charge in [-0.25, -0.2) is 0 Å². The second-order valence-corrected chi connectivity index (χ2v) is 12.9. The number of hydrogen-bond acceptors (Lipinski definition) is 1. The minimum absolute atomic E-state index is 0.907. The molecule has 0 fully saturated rings. The molecule has 1 heterocycles. The van der Waals surface area contributed by atoms with E-state index < -0.39 is 0 Å². The van der Waals surface area contributed by atoms with Crippen LogP contribution >= 0.6 is 0 Å². The van der Waals surface area contributed by atoms with E-state index in [1.54, 1.807) is 0 Å². The predicted molar refractivity (Wildman–Crippen MR) is 208 cm³/mol. The Kier molecular flexibility index (Phi) is 6.25. The lowest BCUT2D eigenvalue weighted by Crippen LogP contribution is -1.91. The van der Waals surface area contributed by atoms with Gasteiger partial charge < -0.3 is 4.42 Å². The molecule has 10 rings (SSSR count). The maximum absolute atomic E-state index is 6.26. The van der Waals surface area contributed by atoms with Crippen molar-refractivity contribution < 1.29 is 4.42 Å². The summed E-state index contributed by atoms with van der Waals surface area (Å²) in [4.78, 5) is 0. The minimum atomic E-state index is 0.907. The molecule has 1 heteroatoms. The first kappa shape index (κ1) is 27.7. The van der Waals surface area contributed by atoms with Gasteiger partial charge in [0.25, 0.3) is 0 Å². The summed E-state index contributed by atoms with van der Waals surface area (Å²) in [6.07, 6.45) is 0. The third kappa shape index (κ3) is 4.55. The van der Waals surface area contributed by atoms with E-state index in [4.69, 9.17) is 4.42 Å². The minimum Gasteiger partial charge on any atom is -0.456 e. The van der Waals surface area contributed by atoms with Gasteiger partial charge in [0, 0.05) is 10.8 Å². The quantitative estimate of drug-likeness (QED) is 0.178. The molecule has 1 nitrogen and oxygen atoms in total. The van der Waals surface area contributed by atoms with Crippen molar-refractivity contribution in [3.63, 3.8) is 0 Å². The number of furan rings is 1. The fourth-order valence-electron chi connectivity index (χ4n) is 7.69. The largest absolute Gasteiger partial charge is 0.456 e. The molecule has 0 aliphatic heterocycles. The Bertz CT molecular complexity index is 2800. The molecule has 0 saturated carbocycles. The van der Waals surface area contributed by atoms with Crippen molar-refractivity contribution in [3.05, 3.63) is 182 Å². The molecular formula is C48H30O. The van der Waals surface area contributed by atoms with E-state index in [9.17, 15) is 0 Å². The van der Waals surface area contributed by atoms with Crippen molar-refractivity contribution in [2.45, 2.75) is 0 Å². The Morgan fingerprint density at radius 1 is 0.245 bits per heavy atom. The normalized spacial score (nSPS) is 11.7. The molecule has 0 amide bonds. The molecule has 0 saturated heterocycles. The zero-order valence-electron chi connectivity index (χ0n) is 26.7. The SMILES string of the molecule is c1ccc(-c2ccc3oc4ccc(-c5ccc(-c6c7ccccc7c(-c7ccc8ccccc8c7)c7ccccc67)cc5)cc4c3c2)cc1. The lowest BCUT2D eigenvalue weighted by atomic mass is 9.85. The molecule has 49 heavy (non-hydrogen) atoms. The second kappa shape index (κ2) is 11.1. The van der Waals surface area contributed by atoms with Gasteiger partial charge in [0.2, 0.25) is 0 Å². The van der Waals surface area contributed by atoms with Gasteiger partial charge in [0.05, 0.1) is 0 Å². The molecule has 0 aliphatic rings. The van der Waals surface area contributed by atoms with Gasteiger partial charge in [-0.05, 0) is 107 Å². The molecule has 0 spiro atoms. The van der Waals surface area contributed by atoms with E-state index in [1.165, 1.54) is 76.8 Å². The Hall–Kier alpha value is -6.44. The molecule has 9 aromatic carbocycles. The highest BCUT2D eigenvalue weighted by molar-refractivity contribution is 6.21. The lowest BCUT2D eigenvalue weighted by Gasteiger charge is -2.18. The highest BCUT2D eigenvalue weighted by Gasteiger charge is 2.17. The molecule has 1 aromatic heterocycles. The van der Waals surface area contributed by atoms with Crippen LogP contribution in [0.1, 0.15) is 0 Å². The highest BCUT2D eigenvalue weighted by Crippen LogP contribution is 2.44. The fourth-order valence-corrected chi connectivity index (χ4v) is 7.69. The van der Waals surface area contributed by atoms with Crippen LogP contribution < -0.4 is 0 Å². The number of hydrogen-bond donors (Lipinski definition) is 0. The lowest BCUT2D eigenvalue weighted by molar-refractivity contribution is 0.669. The van der Waals surface area contributed by atoms with E-state index in [2.05, 4.69) is 182 Å². The Morgan fingerprint density at radius 2 is 0.673 bits per heavy atom. The van der Waals surface area contributed by atoms with Gasteiger partial charge in [-0.3, -0.25) is 0 Å². The van der Waals surface area contributed by atoms with Crippen LogP contribution in [0.3, 0.4) is 0 Å².